The summed E-state index contributed by atoms with van der Waals surface area (Å²) in [5.41, 5.74) is 3.53. The molecule has 1 aliphatic rings. The summed E-state index contributed by atoms with van der Waals surface area (Å²) in [6.07, 6.45) is 6.76. The Labute approximate surface area is 124 Å². The normalized spacial score (nSPS) is 16.0. The van der Waals surface area contributed by atoms with Gasteiger partial charge in [0.25, 0.3) is 0 Å². The van der Waals surface area contributed by atoms with Gasteiger partial charge in [-0.1, -0.05) is 6.07 Å². The van der Waals surface area contributed by atoms with Gasteiger partial charge in [0.2, 0.25) is 0 Å². The van der Waals surface area contributed by atoms with Gasteiger partial charge in [0.1, 0.15) is 5.75 Å². The van der Waals surface area contributed by atoms with Gasteiger partial charge in [-0.3, -0.25) is 9.98 Å². The van der Waals surface area contributed by atoms with Crippen LogP contribution in [0.4, 0.5) is 5.69 Å². The zero-order chi connectivity index (χ0) is 14.5. The molecule has 0 saturated carbocycles. The number of pyridine rings is 1. The first-order chi connectivity index (χ1) is 10.4. The summed E-state index contributed by atoms with van der Waals surface area (Å²) >= 11 is 0. The quantitative estimate of drug-likeness (QED) is 0.828. The predicted molar refractivity (Wildman–Crippen MR) is 84.4 cm³/mol. The van der Waals surface area contributed by atoms with Gasteiger partial charge in [0.15, 0.2) is 0 Å². The largest absolute Gasteiger partial charge is 0.497 e. The number of aliphatic imine (C=N–C) groups is 1. The average Bonchev–Trinajstić information content (AvgIpc) is 2.95. The number of aromatic nitrogens is 1. The summed E-state index contributed by atoms with van der Waals surface area (Å²) in [6, 6.07) is 10.1. The van der Waals surface area contributed by atoms with Crippen LogP contribution in [0.2, 0.25) is 0 Å². The highest BCUT2D eigenvalue weighted by Crippen LogP contribution is 2.36. The molecule has 2 heterocycles. The molecule has 0 bridgehead atoms. The molecule has 21 heavy (non-hydrogen) atoms. The van der Waals surface area contributed by atoms with Crippen molar-refractivity contribution < 1.29 is 4.74 Å². The van der Waals surface area contributed by atoms with Gasteiger partial charge >= 0.3 is 0 Å². The molecule has 1 aromatic heterocycles. The molecule has 4 nitrogen and oxygen atoms in total. The van der Waals surface area contributed by atoms with Crippen molar-refractivity contribution in [3.8, 4) is 5.75 Å². The Balaban J connectivity index is 1.53. The fraction of sp³-hybridized carbons (Fsp3) is 0.294. The van der Waals surface area contributed by atoms with Crippen molar-refractivity contribution in [1.29, 1.82) is 0 Å². The minimum atomic E-state index is 0.372. The first-order valence-corrected chi connectivity index (χ1v) is 7.18. The number of fused-ring (bicyclic) bond motifs is 1. The molecule has 0 saturated heterocycles. The van der Waals surface area contributed by atoms with E-state index in [-0.39, 0.29) is 0 Å². The van der Waals surface area contributed by atoms with Crippen molar-refractivity contribution in [1.82, 2.24) is 10.3 Å². The van der Waals surface area contributed by atoms with Crippen LogP contribution >= 0.6 is 0 Å². The lowest BCUT2D eigenvalue weighted by Crippen LogP contribution is -2.17. The van der Waals surface area contributed by atoms with E-state index in [2.05, 4.69) is 27.4 Å². The third kappa shape index (κ3) is 3.28. The van der Waals surface area contributed by atoms with Gasteiger partial charge in [-0.25, -0.2) is 0 Å². The monoisotopic (exact) mass is 281 g/mol. The third-order valence-electron chi connectivity index (χ3n) is 3.71. The Hall–Kier alpha value is -2.20. The van der Waals surface area contributed by atoms with Crippen LogP contribution in [-0.4, -0.2) is 24.9 Å². The van der Waals surface area contributed by atoms with Gasteiger partial charge in [0.05, 0.1) is 12.8 Å². The van der Waals surface area contributed by atoms with Crippen LogP contribution in [0.5, 0.6) is 5.75 Å². The summed E-state index contributed by atoms with van der Waals surface area (Å²) in [7, 11) is 1.70. The van der Waals surface area contributed by atoms with Crippen LogP contribution in [-0.2, 0) is 6.54 Å². The van der Waals surface area contributed by atoms with E-state index < -0.39 is 0 Å². The van der Waals surface area contributed by atoms with Crippen molar-refractivity contribution in [3.05, 3.63) is 53.9 Å². The lowest BCUT2D eigenvalue weighted by atomic mass is 9.97. The van der Waals surface area contributed by atoms with Crippen LogP contribution in [0.3, 0.4) is 0 Å². The van der Waals surface area contributed by atoms with Gasteiger partial charge in [-0.05, 0) is 48.4 Å². The number of nitrogens with one attached hydrogen (secondary N) is 1. The summed E-state index contributed by atoms with van der Waals surface area (Å²) < 4.78 is 5.29. The number of benzene rings is 1. The van der Waals surface area contributed by atoms with Crippen LogP contribution in [0.1, 0.15) is 23.5 Å². The molecule has 1 N–H and O–H groups in total. The van der Waals surface area contributed by atoms with Crippen LogP contribution in [0, 0.1) is 0 Å². The molecule has 0 radical (unpaired) electrons. The van der Waals surface area contributed by atoms with Crippen molar-refractivity contribution in [2.75, 3.05) is 13.7 Å². The maximum absolute atomic E-state index is 5.29. The Kier molecular flexibility index (Phi) is 4.26. The molecule has 1 aromatic carbocycles. The van der Waals surface area contributed by atoms with Gasteiger partial charge < -0.3 is 10.1 Å². The van der Waals surface area contributed by atoms with Crippen LogP contribution < -0.4 is 10.1 Å². The highest BCUT2D eigenvalue weighted by Gasteiger charge is 2.19. The van der Waals surface area contributed by atoms with Crippen molar-refractivity contribution >= 4 is 11.9 Å². The molecule has 108 valence electrons. The Morgan fingerprint density at radius 2 is 2.24 bits per heavy atom. The van der Waals surface area contributed by atoms with E-state index in [1.165, 1.54) is 11.1 Å². The third-order valence-corrected chi connectivity index (χ3v) is 3.71. The maximum Gasteiger partial charge on any atom is 0.119 e. The molecule has 1 atom stereocenters. The summed E-state index contributed by atoms with van der Waals surface area (Å²) in [6.45, 7) is 1.80. The predicted octanol–water partition coefficient (Wildman–Crippen LogP) is 3.07. The minimum Gasteiger partial charge on any atom is -0.497 e. The van der Waals surface area contributed by atoms with E-state index in [9.17, 15) is 0 Å². The lowest BCUT2D eigenvalue weighted by Gasteiger charge is -2.11. The zero-order valence-corrected chi connectivity index (χ0v) is 12.1. The molecule has 0 unspecified atom stereocenters. The molecule has 1 aliphatic heterocycles. The molecule has 0 fully saturated rings. The van der Waals surface area contributed by atoms with Crippen molar-refractivity contribution in [2.45, 2.75) is 18.9 Å². The molecule has 0 aliphatic carbocycles. The van der Waals surface area contributed by atoms with Gasteiger partial charge in [-0.15, -0.1) is 0 Å². The summed E-state index contributed by atoms with van der Waals surface area (Å²) in [4.78, 5) is 8.59. The Morgan fingerprint density at radius 3 is 3.05 bits per heavy atom. The number of ether oxygens (including phenoxy) is 1. The minimum absolute atomic E-state index is 0.372. The number of methoxy groups -OCH3 is 1. The van der Waals surface area contributed by atoms with Crippen molar-refractivity contribution in [2.24, 2.45) is 4.99 Å². The van der Waals surface area contributed by atoms with E-state index in [4.69, 9.17) is 4.74 Å². The standard InChI is InChI=1S/C17H19N3O/c1-21-15-4-5-17-16(9-15)14(12-20-17)6-8-19-11-13-3-2-7-18-10-13/h2-5,7,9-10,12,14,19H,6,8,11H2,1H3/t14-/m1/s1. The number of hydrogen-bond acceptors (Lipinski definition) is 4. The molecule has 3 rings (SSSR count). The van der Waals surface area contributed by atoms with E-state index in [1.54, 1.807) is 13.3 Å². The molecule has 2 aromatic rings. The highest BCUT2D eigenvalue weighted by atomic mass is 16.5. The molecular formula is C17H19N3O. The Bertz CT molecular complexity index is 625. The molecule has 4 heteroatoms. The number of nitrogens with zero attached hydrogens (tertiary/aromatic N) is 2. The van der Waals surface area contributed by atoms with E-state index in [0.29, 0.717) is 5.92 Å². The zero-order valence-electron chi connectivity index (χ0n) is 12.1. The van der Waals surface area contributed by atoms with E-state index in [0.717, 1.165) is 30.9 Å². The van der Waals surface area contributed by atoms with Gasteiger partial charge in [-0.2, -0.15) is 0 Å². The summed E-state index contributed by atoms with van der Waals surface area (Å²) in [5, 5.41) is 3.46. The fourth-order valence-electron chi connectivity index (χ4n) is 2.55. The van der Waals surface area contributed by atoms with E-state index in [1.807, 2.05) is 30.6 Å². The molecular weight excluding hydrogens is 262 g/mol. The number of hydrogen-bond donors (Lipinski definition) is 1. The molecule has 0 amide bonds. The Morgan fingerprint density at radius 1 is 1.29 bits per heavy atom. The molecule has 0 spiro atoms. The first-order valence-electron chi connectivity index (χ1n) is 7.18. The van der Waals surface area contributed by atoms with Crippen molar-refractivity contribution in [3.63, 3.8) is 0 Å². The van der Waals surface area contributed by atoms with Crippen LogP contribution in [0.25, 0.3) is 0 Å². The van der Waals surface area contributed by atoms with Gasteiger partial charge in [0, 0.05) is 31.1 Å². The van der Waals surface area contributed by atoms with Crippen LogP contribution in [0.15, 0.2) is 47.7 Å². The second-order valence-corrected chi connectivity index (χ2v) is 5.14. The fourth-order valence-corrected chi connectivity index (χ4v) is 2.55. The SMILES string of the molecule is COc1ccc2c(c1)[C@H](CCNCc1cccnc1)C=N2. The second-order valence-electron chi connectivity index (χ2n) is 5.14. The smallest absolute Gasteiger partial charge is 0.119 e. The summed E-state index contributed by atoms with van der Waals surface area (Å²) in [5.74, 6) is 1.27. The second kappa shape index (κ2) is 6.50. The van der Waals surface area contributed by atoms with E-state index >= 15 is 0 Å². The highest BCUT2D eigenvalue weighted by molar-refractivity contribution is 5.81. The maximum atomic E-state index is 5.29. The average molecular weight is 281 g/mol. The first kappa shape index (κ1) is 13.8. The lowest BCUT2D eigenvalue weighted by molar-refractivity contribution is 0.414. The topological polar surface area (TPSA) is 46.5 Å². The number of rotatable bonds is 6.